The number of nitrogens with one attached hydrogen (secondary N) is 1. The molecule has 0 radical (unpaired) electrons. The fourth-order valence-electron chi connectivity index (χ4n) is 1.84. The van der Waals surface area contributed by atoms with Crippen LogP contribution in [0.25, 0.3) is 0 Å². The summed E-state index contributed by atoms with van der Waals surface area (Å²) in [7, 11) is -0.315. The second-order valence-electron chi connectivity index (χ2n) is 4.52. The lowest BCUT2D eigenvalue weighted by Crippen LogP contribution is -2.23. The van der Waals surface area contributed by atoms with E-state index in [-0.39, 0.29) is 6.04 Å². The number of rotatable bonds is 4. The highest BCUT2D eigenvalue weighted by Gasteiger charge is 2.19. The number of ether oxygens (including phenoxy) is 1. The molecule has 1 unspecified atom stereocenters. The van der Waals surface area contributed by atoms with Gasteiger partial charge in [0, 0.05) is 26.4 Å². The summed E-state index contributed by atoms with van der Waals surface area (Å²) >= 11 is 0. The van der Waals surface area contributed by atoms with Crippen molar-refractivity contribution in [3.63, 3.8) is 0 Å². The van der Waals surface area contributed by atoms with Gasteiger partial charge in [0.1, 0.15) is 0 Å². The summed E-state index contributed by atoms with van der Waals surface area (Å²) in [5, 5.41) is 3.28. The summed E-state index contributed by atoms with van der Waals surface area (Å²) in [4.78, 5) is 0.302. The van der Waals surface area contributed by atoms with Gasteiger partial charge in [-0.05, 0) is 24.6 Å². The molecule has 0 spiro atoms. The topological polar surface area (TPSA) is 58.6 Å². The Morgan fingerprint density at radius 1 is 1.39 bits per heavy atom. The molecule has 100 valence electrons. The molecule has 0 bridgehead atoms. The van der Waals surface area contributed by atoms with Crippen LogP contribution in [0.4, 0.5) is 5.69 Å². The molecule has 1 aromatic carbocycles. The van der Waals surface area contributed by atoms with Crippen LogP contribution in [-0.4, -0.2) is 46.1 Å². The lowest BCUT2D eigenvalue weighted by molar-refractivity contribution is 0.195. The summed E-state index contributed by atoms with van der Waals surface area (Å²) < 4.78 is 30.5. The fourth-order valence-corrected chi connectivity index (χ4v) is 2.79. The Morgan fingerprint density at radius 3 is 2.78 bits per heavy atom. The lowest BCUT2D eigenvalue weighted by Gasteiger charge is -2.15. The summed E-state index contributed by atoms with van der Waals surface area (Å²) in [6.07, 6.45) is 0.949. The Morgan fingerprint density at radius 2 is 2.17 bits per heavy atom. The van der Waals surface area contributed by atoms with Crippen molar-refractivity contribution in [2.75, 3.05) is 32.6 Å². The molecular formula is C12H18N2O3S. The third kappa shape index (κ3) is 2.82. The highest BCUT2D eigenvalue weighted by atomic mass is 32.2. The van der Waals surface area contributed by atoms with Crippen LogP contribution in [0, 0.1) is 0 Å². The molecule has 2 rings (SSSR count). The highest BCUT2D eigenvalue weighted by Crippen LogP contribution is 2.20. The Hall–Kier alpha value is -1.11. The predicted octanol–water partition coefficient (Wildman–Crippen LogP) is 1.14. The number of benzene rings is 1. The molecule has 1 aliphatic rings. The maximum absolute atomic E-state index is 12.0. The summed E-state index contributed by atoms with van der Waals surface area (Å²) in [5.41, 5.74) is 0.813. The highest BCUT2D eigenvalue weighted by molar-refractivity contribution is 7.89. The maximum atomic E-state index is 12.0. The quantitative estimate of drug-likeness (QED) is 0.891. The van der Waals surface area contributed by atoms with E-state index in [1.165, 1.54) is 18.4 Å². The SMILES string of the molecule is CN(C)S(=O)(=O)c1cccc(NC2CCOC2)c1. The van der Waals surface area contributed by atoms with Gasteiger partial charge < -0.3 is 10.1 Å². The van der Waals surface area contributed by atoms with Gasteiger partial charge in [-0.1, -0.05) is 6.07 Å². The van der Waals surface area contributed by atoms with E-state index in [4.69, 9.17) is 4.74 Å². The van der Waals surface area contributed by atoms with Crippen molar-refractivity contribution in [2.24, 2.45) is 0 Å². The van der Waals surface area contributed by atoms with Crippen LogP contribution in [0.5, 0.6) is 0 Å². The minimum atomic E-state index is -3.37. The van der Waals surface area contributed by atoms with E-state index in [0.717, 1.165) is 18.7 Å². The predicted molar refractivity (Wildman–Crippen MR) is 70.2 cm³/mol. The van der Waals surface area contributed by atoms with E-state index in [2.05, 4.69) is 5.32 Å². The number of nitrogens with zero attached hydrogens (tertiary/aromatic N) is 1. The van der Waals surface area contributed by atoms with E-state index in [0.29, 0.717) is 11.5 Å². The molecule has 0 amide bonds. The molecule has 1 heterocycles. The Labute approximate surface area is 108 Å². The number of hydrogen-bond donors (Lipinski definition) is 1. The molecule has 0 aliphatic carbocycles. The van der Waals surface area contributed by atoms with Gasteiger partial charge >= 0.3 is 0 Å². The Kier molecular flexibility index (Phi) is 3.89. The minimum Gasteiger partial charge on any atom is -0.380 e. The van der Waals surface area contributed by atoms with E-state index in [9.17, 15) is 8.42 Å². The van der Waals surface area contributed by atoms with Crippen molar-refractivity contribution in [3.05, 3.63) is 24.3 Å². The van der Waals surface area contributed by atoms with Gasteiger partial charge in [0.05, 0.1) is 17.5 Å². The molecule has 1 aliphatic heterocycles. The average Bonchev–Trinajstić information content (AvgIpc) is 2.82. The van der Waals surface area contributed by atoms with Crippen LogP contribution in [0.2, 0.25) is 0 Å². The van der Waals surface area contributed by atoms with E-state index in [1.807, 2.05) is 6.07 Å². The van der Waals surface area contributed by atoms with Crippen LogP contribution in [0.15, 0.2) is 29.2 Å². The molecular weight excluding hydrogens is 252 g/mol. The zero-order valence-electron chi connectivity index (χ0n) is 10.6. The second kappa shape index (κ2) is 5.26. The van der Waals surface area contributed by atoms with Crippen LogP contribution in [0.1, 0.15) is 6.42 Å². The number of sulfonamides is 1. The zero-order chi connectivity index (χ0) is 13.2. The third-order valence-electron chi connectivity index (χ3n) is 2.91. The Bertz CT molecular complexity index is 508. The van der Waals surface area contributed by atoms with Crippen LogP contribution in [0.3, 0.4) is 0 Å². The first kappa shape index (κ1) is 13.3. The van der Waals surface area contributed by atoms with Crippen molar-refractivity contribution in [1.29, 1.82) is 0 Å². The van der Waals surface area contributed by atoms with E-state index >= 15 is 0 Å². The van der Waals surface area contributed by atoms with Crippen molar-refractivity contribution in [1.82, 2.24) is 4.31 Å². The maximum Gasteiger partial charge on any atom is 0.242 e. The van der Waals surface area contributed by atoms with Gasteiger partial charge in [-0.2, -0.15) is 0 Å². The van der Waals surface area contributed by atoms with Gasteiger partial charge in [-0.15, -0.1) is 0 Å². The smallest absolute Gasteiger partial charge is 0.242 e. The minimum absolute atomic E-state index is 0.266. The van der Waals surface area contributed by atoms with Gasteiger partial charge in [-0.3, -0.25) is 0 Å². The van der Waals surface area contributed by atoms with Crippen LogP contribution >= 0.6 is 0 Å². The van der Waals surface area contributed by atoms with Gasteiger partial charge in [0.2, 0.25) is 10.0 Å². The normalized spacial score (nSPS) is 20.3. The second-order valence-corrected chi connectivity index (χ2v) is 6.67. The Balaban J connectivity index is 2.19. The molecule has 1 N–H and O–H groups in total. The van der Waals surface area contributed by atoms with Crippen molar-refractivity contribution >= 4 is 15.7 Å². The van der Waals surface area contributed by atoms with Crippen LogP contribution < -0.4 is 5.32 Å². The largest absolute Gasteiger partial charge is 0.380 e. The summed E-state index contributed by atoms with van der Waals surface area (Å²) in [6, 6.07) is 7.14. The van der Waals surface area contributed by atoms with E-state index < -0.39 is 10.0 Å². The number of anilines is 1. The average molecular weight is 270 g/mol. The number of hydrogen-bond acceptors (Lipinski definition) is 4. The van der Waals surface area contributed by atoms with Gasteiger partial charge in [0.15, 0.2) is 0 Å². The molecule has 1 fully saturated rings. The molecule has 1 aromatic rings. The molecule has 1 saturated heterocycles. The van der Waals surface area contributed by atoms with Crippen molar-refractivity contribution < 1.29 is 13.2 Å². The van der Waals surface area contributed by atoms with Crippen LogP contribution in [-0.2, 0) is 14.8 Å². The molecule has 1 atom stereocenters. The molecule has 6 heteroatoms. The lowest BCUT2D eigenvalue weighted by atomic mass is 10.2. The molecule has 18 heavy (non-hydrogen) atoms. The van der Waals surface area contributed by atoms with Gasteiger partial charge in [0.25, 0.3) is 0 Å². The van der Waals surface area contributed by atoms with Crippen molar-refractivity contribution in [2.45, 2.75) is 17.4 Å². The van der Waals surface area contributed by atoms with Crippen molar-refractivity contribution in [3.8, 4) is 0 Å². The van der Waals surface area contributed by atoms with Gasteiger partial charge in [-0.25, -0.2) is 12.7 Å². The third-order valence-corrected chi connectivity index (χ3v) is 4.72. The first-order chi connectivity index (χ1) is 8.50. The summed E-state index contributed by atoms with van der Waals surface area (Å²) in [6.45, 7) is 1.43. The zero-order valence-corrected chi connectivity index (χ0v) is 11.4. The molecule has 0 saturated carbocycles. The van der Waals surface area contributed by atoms with E-state index in [1.54, 1.807) is 18.2 Å². The molecule has 5 nitrogen and oxygen atoms in total. The standard InChI is InChI=1S/C12H18N2O3S/c1-14(2)18(15,16)12-5-3-4-10(8-12)13-11-6-7-17-9-11/h3-5,8,11,13H,6-7,9H2,1-2H3. The fraction of sp³-hybridized carbons (Fsp3) is 0.500. The first-order valence-corrected chi connectivity index (χ1v) is 7.31. The monoisotopic (exact) mass is 270 g/mol. The molecule has 0 aromatic heterocycles. The first-order valence-electron chi connectivity index (χ1n) is 5.87. The summed E-state index contributed by atoms with van der Waals surface area (Å²) in [5.74, 6) is 0.